The van der Waals surface area contributed by atoms with Crippen LogP contribution >= 0.6 is 11.6 Å². The summed E-state index contributed by atoms with van der Waals surface area (Å²) in [4.78, 5) is 1.75. The van der Waals surface area contributed by atoms with E-state index < -0.39 is 23.9 Å². The van der Waals surface area contributed by atoms with Gasteiger partial charge in [-0.15, -0.1) is 15.3 Å². The predicted octanol–water partition coefficient (Wildman–Crippen LogP) is 3.65. The molecule has 0 fully saturated rings. The van der Waals surface area contributed by atoms with E-state index in [1.165, 1.54) is 24.3 Å². The van der Waals surface area contributed by atoms with Crippen LogP contribution < -0.4 is 5.32 Å². The lowest BCUT2D eigenvalue weighted by molar-refractivity contribution is -0.146. The number of nitrogens with one attached hydrogen (secondary N) is 1. The fourth-order valence-corrected chi connectivity index (χ4v) is 2.92. The maximum atomic E-state index is 14.2. The van der Waals surface area contributed by atoms with Crippen LogP contribution in [0, 0.1) is 5.82 Å². The molecule has 0 amide bonds. The van der Waals surface area contributed by atoms with Crippen LogP contribution in [0.5, 0.6) is 0 Å². The molecule has 3 rings (SSSR count). The Labute approximate surface area is 156 Å². The largest absolute Gasteiger partial charge is 0.453 e. The Balaban J connectivity index is 1.88. The van der Waals surface area contributed by atoms with E-state index in [0.717, 1.165) is 0 Å². The zero-order valence-corrected chi connectivity index (χ0v) is 15.1. The van der Waals surface area contributed by atoms with Crippen LogP contribution in [-0.4, -0.2) is 45.4 Å². The summed E-state index contributed by atoms with van der Waals surface area (Å²) >= 11 is 6.13. The number of halogens is 5. The third kappa shape index (κ3) is 3.96. The minimum atomic E-state index is -4.68. The van der Waals surface area contributed by atoms with Gasteiger partial charge in [0.2, 0.25) is 0 Å². The number of hydrogen-bond acceptors (Lipinski definition) is 5. The average molecular weight is 403 g/mol. The van der Waals surface area contributed by atoms with Gasteiger partial charge in [0.1, 0.15) is 11.6 Å². The van der Waals surface area contributed by atoms with Gasteiger partial charge < -0.3 is 10.2 Å². The third-order valence-electron chi connectivity index (χ3n) is 3.95. The first-order valence-corrected chi connectivity index (χ1v) is 8.20. The zero-order valence-electron chi connectivity index (χ0n) is 14.3. The van der Waals surface area contributed by atoms with Gasteiger partial charge in [0.05, 0.1) is 6.04 Å². The Hall–Kier alpha value is -2.46. The molecule has 1 N–H and O–H groups in total. The summed E-state index contributed by atoms with van der Waals surface area (Å²) in [6, 6.07) is 6.74. The summed E-state index contributed by atoms with van der Waals surface area (Å²) in [7, 11) is 3.49. The van der Waals surface area contributed by atoms with E-state index in [0.29, 0.717) is 4.52 Å². The van der Waals surface area contributed by atoms with Crippen LogP contribution in [0.4, 0.5) is 23.4 Å². The van der Waals surface area contributed by atoms with Gasteiger partial charge >= 0.3 is 6.18 Å². The molecule has 0 aliphatic rings. The van der Waals surface area contributed by atoms with Crippen LogP contribution in [0.2, 0.25) is 5.02 Å². The molecular weight excluding hydrogens is 388 g/mol. The number of alkyl halides is 3. The normalized spacial score (nSPS) is 13.3. The Morgan fingerprint density at radius 3 is 2.56 bits per heavy atom. The number of rotatable bonds is 5. The summed E-state index contributed by atoms with van der Waals surface area (Å²) in [5.41, 5.74) is 0.257. The maximum absolute atomic E-state index is 14.2. The summed E-state index contributed by atoms with van der Waals surface area (Å²) in [5.74, 6) is -1.53. The van der Waals surface area contributed by atoms with Crippen molar-refractivity contribution in [3.8, 4) is 0 Å². The highest BCUT2D eigenvalue weighted by Gasteiger charge is 2.37. The first-order valence-electron chi connectivity index (χ1n) is 7.82. The lowest BCUT2D eigenvalue weighted by Gasteiger charge is -2.26. The highest BCUT2D eigenvalue weighted by atomic mass is 35.5. The van der Waals surface area contributed by atoms with Gasteiger partial charge in [-0.3, -0.25) is 0 Å². The second-order valence-electron chi connectivity index (χ2n) is 6.01. The predicted molar refractivity (Wildman–Crippen MR) is 92.1 cm³/mol. The summed E-state index contributed by atoms with van der Waals surface area (Å²) in [5, 5.41) is 13.6. The monoisotopic (exact) mass is 402 g/mol. The van der Waals surface area contributed by atoms with E-state index >= 15 is 0 Å². The standard InChI is InChI=1S/C16H15ClF4N6/c1-26(2)11(14-9(17)4-3-5-10(14)18)8-22-12-6-7-13-23-24-15(16(19,20)21)27(13)25-12/h3-7,11H,8H2,1-2H3,(H,22,25). The van der Waals surface area contributed by atoms with Gasteiger partial charge in [-0.1, -0.05) is 17.7 Å². The Bertz CT molecular complexity index is 935. The maximum Gasteiger partial charge on any atom is 0.453 e. The van der Waals surface area contributed by atoms with Crippen molar-refractivity contribution >= 4 is 23.1 Å². The second-order valence-corrected chi connectivity index (χ2v) is 6.41. The minimum absolute atomic E-state index is 0.0332. The second kappa shape index (κ2) is 7.28. The van der Waals surface area contributed by atoms with Crippen molar-refractivity contribution in [1.29, 1.82) is 0 Å². The van der Waals surface area contributed by atoms with Gasteiger partial charge in [-0.25, -0.2) is 4.39 Å². The molecule has 144 valence electrons. The lowest BCUT2D eigenvalue weighted by atomic mass is 10.1. The molecule has 0 saturated carbocycles. The smallest absolute Gasteiger partial charge is 0.367 e. The number of aromatic nitrogens is 4. The van der Waals surface area contributed by atoms with Gasteiger partial charge in [0.25, 0.3) is 5.82 Å². The quantitative estimate of drug-likeness (QED) is 0.660. The number of hydrogen-bond donors (Lipinski definition) is 1. The molecule has 1 unspecified atom stereocenters. The van der Waals surface area contributed by atoms with Crippen molar-refractivity contribution in [3.63, 3.8) is 0 Å². The number of benzene rings is 1. The van der Waals surface area contributed by atoms with Crippen molar-refractivity contribution in [3.05, 3.63) is 52.6 Å². The van der Waals surface area contributed by atoms with E-state index in [1.807, 2.05) is 0 Å². The molecule has 2 aromatic heterocycles. The van der Waals surface area contributed by atoms with Crippen LogP contribution in [-0.2, 0) is 6.18 Å². The highest BCUT2D eigenvalue weighted by Crippen LogP contribution is 2.30. The van der Waals surface area contributed by atoms with Crippen LogP contribution in [0.3, 0.4) is 0 Å². The highest BCUT2D eigenvalue weighted by molar-refractivity contribution is 6.31. The lowest BCUT2D eigenvalue weighted by Crippen LogP contribution is -2.28. The molecule has 0 radical (unpaired) electrons. The number of likely N-dealkylation sites (N-methyl/N-ethyl adjacent to an activating group) is 1. The summed E-state index contributed by atoms with van der Waals surface area (Å²) in [6.07, 6.45) is -4.68. The van der Waals surface area contributed by atoms with E-state index in [-0.39, 0.29) is 28.6 Å². The molecule has 1 aromatic carbocycles. The third-order valence-corrected chi connectivity index (χ3v) is 4.28. The van der Waals surface area contributed by atoms with Gasteiger partial charge in [-0.05, 0) is 38.4 Å². The van der Waals surface area contributed by atoms with E-state index in [2.05, 4.69) is 20.6 Å². The molecule has 3 aromatic rings. The van der Waals surface area contributed by atoms with Gasteiger partial charge in [-0.2, -0.15) is 17.7 Å². The summed E-state index contributed by atoms with van der Waals surface area (Å²) < 4.78 is 53.8. The van der Waals surface area contributed by atoms with E-state index in [1.54, 1.807) is 25.1 Å². The molecule has 27 heavy (non-hydrogen) atoms. The van der Waals surface area contributed by atoms with Crippen molar-refractivity contribution in [2.24, 2.45) is 0 Å². The fourth-order valence-electron chi connectivity index (χ4n) is 2.63. The molecule has 6 nitrogen and oxygen atoms in total. The van der Waals surface area contributed by atoms with Crippen LogP contribution in [0.25, 0.3) is 5.65 Å². The van der Waals surface area contributed by atoms with Gasteiger partial charge in [0.15, 0.2) is 5.65 Å². The molecule has 0 bridgehead atoms. The Morgan fingerprint density at radius 1 is 1.19 bits per heavy atom. The first kappa shape index (κ1) is 19.3. The fraction of sp³-hybridized carbons (Fsp3) is 0.312. The van der Waals surface area contributed by atoms with Crippen molar-refractivity contribution < 1.29 is 17.6 Å². The average Bonchev–Trinajstić information content (AvgIpc) is 3.00. The van der Waals surface area contributed by atoms with Gasteiger partial charge in [0, 0.05) is 17.1 Å². The molecule has 0 aliphatic carbocycles. The van der Waals surface area contributed by atoms with Crippen LogP contribution in [0.1, 0.15) is 17.4 Å². The summed E-state index contributed by atoms with van der Waals surface area (Å²) in [6.45, 7) is 0.162. The Morgan fingerprint density at radius 2 is 1.93 bits per heavy atom. The van der Waals surface area contributed by atoms with E-state index in [9.17, 15) is 17.6 Å². The minimum Gasteiger partial charge on any atom is -0.367 e. The zero-order chi connectivity index (χ0) is 19.8. The molecule has 2 heterocycles. The molecule has 11 heteroatoms. The first-order chi connectivity index (χ1) is 12.7. The molecule has 1 atom stereocenters. The number of fused-ring (bicyclic) bond motifs is 1. The Kier molecular flexibility index (Phi) is 5.20. The van der Waals surface area contributed by atoms with E-state index in [4.69, 9.17) is 11.6 Å². The van der Waals surface area contributed by atoms with Crippen molar-refractivity contribution in [2.75, 3.05) is 26.0 Å². The topological polar surface area (TPSA) is 58.3 Å². The van der Waals surface area contributed by atoms with Crippen molar-refractivity contribution in [2.45, 2.75) is 12.2 Å². The number of nitrogens with zero attached hydrogens (tertiary/aromatic N) is 5. The van der Waals surface area contributed by atoms with Crippen molar-refractivity contribution in [1.82, 2.24) is 24.7 Å². The molecule has 0 saturated heterocycles. The van der Waals surface area contributed by atoms with Crippen LogP contribution in [0.15, 0.2) is 30.3 Å². The molecular formula is C16H15ClF4N6. The number of anilines is 1. The molecule has 0 aliphatic heterocycles. The molecule has 0 spiro atoms. The SMILES string of the molecule is CN(C)C(CNc1ccc2nnc(C(F)(F)F)n2n1)c1c(F)cccc1Cl.